The summed E-state index contributed by atoms with van der Waals surface area (Å²) in [6, 6.07) is 20.5. The fourth-order valence-corrected chi connectivity index (χ4v) is 8.53. The molecule has 0 saturated carbocycles. The largest absolute Gasteiger partial charge is 0.497 e. The van der Waals surface area contributed by atoms with Crippen molar-refractivity contribution in [2.45, 2.75) is 20.4 Å². The number of aliphatic hydroxyl groups excluding tert-OH is 1. The SMILES string of the molecule is CC.COc1cc(OC)c(F)c(N(CCO)c2ccc3ncn(-c4ccncc4)c(=O)c3c2)c1F.COc1cc(OC)c(F)c(N(Cc2nccn2S(=O)N(C)C)c2ccc3ncn(-c4cccnc4)c(=O)c3c2)c1. The van der Waals surface area contributed by atoms with E-state index in [4.69, 9.17) is 18.9 Å². The van der Waals surface area contributed by atoms with Gasteiger partial charge in [-0.25, -0.2) is 40.6 Å². The minimum atomic E-state index is -1.56. The van der Waals surface area contributed by atoms with Gasteiger partial charge in [0.2, 0.25) is 11.2 Å². The molecule has 1 unspecified atom stereocenters. The predicted molar refractivity (Wildman–Crippen MR) is 280 cm³/mol. The molecule has 0 fully saturated rings. The molecule has 5 aromatic heterocycles. The van der Waals surface area contributed by atoms with Crippen LogP contribution in [0.4, 0.5) is 35.9 Å². The van der Waals surface area contributed by atoms with E-state index in [1.54, 1.807) is 105 Å². The maximum absolute atomic E-state index is 15.8. The maximum Gasteiger partial charge on any atom is 0.265 e. The summed E-state index contributed by atoms with van der Waals surface area (Å²) in [6.45, 7) is 3.43. The molecule has 0 radical (unpaired) electrons. The number of rotatable bonds is 16. The summed E-state index contributed by atoms with van der Waals surface area (Å²) in [5, 5.41) is 10.2. The van der Waals surface area contributed by atoms with Crippen molar-refractivity contribution in [3.05, 3.63) is 173 Å². The monoisotopic (exact) mass is 1050 g/mol. The number of nitrogens with zero attached hydrogens (tertiary/aromatic N) is 11. The third-order valence-electron chi connectivity index (χ3n) is 11.3. The Labute approximate surface area is 431 Å². The van der Waals surface area contributed by atoms with Gasteiger partial charge in [0.05, 0.1) is 86.7 Å². The summed E-state index contributed by atoms with van der Waals surface area (Å²) in [5.74, 6) is -2.31. The van der Waals surface area contributed by atoms with Crippen LogP contribution >= 0.6 is 0 Å². The van der Waals surface area contributed by atoms with Crippen LogP contribution in [0.1, 0.15) is 19.7 Å². The average Bonchev–Trinajstić information content (AvgIpc) is 3.91. The molecule has 0 aliphatic rings. The van der Waals surface area contributed by atoms with Gasteiger partial charge in [-0.2, -0.15) is 0 Å². The highest BCUT2D eigenvalue weighted by molar-refractivity contribution is 7.81. The first-order valence-electron chi connectivity index (χ1n) is 22.9. The highest BCUT2D eigenvalue weighted by Crippen LogP contribution is 2.41. The van der Waals surface area contributed by atoms with Gasteiger partial charge >= 0.3 is 0 Å². The normalized spacial score (nSPS) is 11.3. The Morgan fingerprint density at radius 1 is 0.640 bits per heavy atom. The van der Waals surface area contributed by atoms with Crippen LogP contribution in [0.15, 0.2) is 138 Å². The number of ether oxygens (including phenoxy) is 4. The zero-order valence-corrected chi connectivity index (χ0v) is 42.8. The molecule has 1 N–H and O–H groups in total. The fraction of sp³-hybridized carbons (Fsp3) is 0.212. The molecule has 75 heavy (non-hydrogen) atoms. The standard InChI is InChI=1S/C27H26FN7O4S.C23H20F2N4O4.C2H6/c1-32(2)40(37)35-11-10-30-25(35)16-33(23-13-20(38-3)14-24(39-4)26(23)28)18-7-8-22-21(12-18)27(36)34(17-31-22)19-6-5-9-29-15-19;1-32-18-12-19(33-2)21(25)22(20(18)24)28(9-10-30)15-3-4-17-16(11-15)23(31)29(13-27-17)14-5-7-26-8-6-14;1-2/h5-15,17H,16H2,1-4H3;3-8,11-13,30H,9-10H2,1-2H3;1-2H3. The first-order chi connectivity index (χ1) is 36.3. The van der Waals surface area contributed by atoms with Crippen molar-refractivity contribution in [2.75, 3.05) is 65.5 Å². The van der Waals surface area contributed by atoms with Crippen LogP contribution < -0.4 is 39.9 Å². The van der Waals surface area contributed by atoms with E-state index in [2.05, 4.69) is 24.9 Å². The molecule has 1 atom stereocenters. The van der Waals surface area contributed by atoms with E-state index >= 15 is 13.2 Å². The molecule has 390 valence electrons. The molecule has 0 bridgehead atoms. The molecule has 9 aromatic rings. The molecule has 0 amide bonds. The van der Waals surface area contributed by atoms with Crippen LogP contribution in [-0.4, -0.2) is 107 Å². The number of pyridine rings is 2. The van der Waals surface area contributed by atoms with Gasteiger partial charge in [0.15, 0.2) is 34.7 Å². The lowest BCUT2D eigenvalue weighted by atomic mass is 10.1. The zero-order valence-electron chi connectivity index (χ0n) is 42.0. The second-order valence-electron chi connectivity index (χ2n) is 15.8. The fourth-order valence-electron chi connectivity index (χ4n) is 7.73. The zero-order chi connectivity index (χ0) is 53.9. The number of aliphatic hydroxyl groups is 1. The number of methoxy groups -OCH3 is 4. The summed E-state index contributed by atoms with van der Waals surface area (Å²) in [4.78, 5) is 50.7. The Morgan fingerprint density at radius 2 is 1.21 bits per heavy atom. The molecule has 23 heteroatoms. The van der Waals surface area contributed by atoms with Crippen LogP contribution in [-0.2, 0) is 17.7 Å². The number of anilines is 4. The van der Waals surface area contributed by atoms with Crippen molar-refractivity contribution in [1.82, 2.24) is 42.3 Å². The second kappa shape index (κ2) is 24.4. The number of halogens is 3. The lowest BCUT2D eigenvalue weighted by Crippen LogP contribution is -2.27. The number of benzene rings is 4. The predicted octanol–water partition coefficient (Wildman–Crippen LogP) is 7.69. The minimum absolute atomic E-state index is 0.00237. The van der Waals surface area contributed by atoms with Crippen LogP contribution in [0.5, 0.6) is 23.0 Å². The molecule has 0 aliphatic carbocycles. The smallest absolute Gasteiger partial charge is 0.265 e. The van der Waals surface area contributed by atoms with E-state index in [1.807, 2.05) is 13.8 Å². The van der Waals surface area contributed by atoms with Gasteiger partial charge in [0.1, 0.15) is 29.9 Å². The number of hydrogen-bond donors (Lipinski definition) is 1. The average molecular weight is 1050 g/mol. The van der Waals surface area contributed by atoms with Crippen molar-refractivity contribution in [1.29, 1.82) is 0 Å². The molecule has 0 spiro atoms. The van der Waals surface area contributed by atoms with Gasteiger partial charge in [-0.3, -0.25) is 28.7 Å². The van der Waals surface area contributed by atoms with Gasteiger partial charge in [0, 0.05) is 81.2 Å². The molecular formula is C52H52F3N11O8S. The van der Waals surface area contributed by atoms with Crippen molar-refractivity contribution in [3.63, 3.8) is 0 Å². The maximum atomic E-state index is 15.8. The molecule has 5 heterocycles. The Morgan fingerprint density at radius 3 is 1.75 bits per heavy atom. The quantitative estimate of drug-likeness (QED) is 0.0988. The van der Waals surface area contributed by atoms with E-state index in [-0.39, 0.29) is 58.2 Å². The number of fused-ring (bicyclic) bond motifs is 2. The Bertz CT molecular complexity index is 3560. The summed E-state index contributed by atoms with van der Waals surface area (Å²) in [7, 11) is 8.68. The molecule has 0 aliphatic heterocycles. The molecule has 4 aromatic carbocycles. The van der Waals surface area contributed by atoms with Crippen molar-refractivity contribution >= 4 is 55.7 Å². The second-order valence-corrected chi connectivity index (χ2v) is 17.3. The van der Waals surface area contributed by atoms with Gasteiger partial charge in [-0.15, -0.1) is 0 Å². The Hall–Kier alpha value is -8.67. The molecular weight excluding hydrogens is 996 g/mol. The molecule has 19 nitrogen and oxygen atoms in total. The Kier molecular flexibility index (Phi) is 17.6. The third kappa shape index (κ3) is 11.3. The van der Waals surface area contributed by atoms with Crippen LogP contribution in [0.3, 0.4) is 0 Å². The highest BCUT2D eigenvalue weighted by Gasteiger charge is 2.27. The minimum Gasteiger partial charge on any atom is -0.497 e. The summed E-state index contributed by atoms with van der Waals surface area (Å²) in [6.07, 6.45) is 12.2. The number of hydrogen-bond acceptors (Lipinski definition) is 15. The van der Waals surface area contributed by atoms with Gasteiger partial charge in [0.25, 0.3) is 11.1 Å². The highest BCUT2D eigenvalue weighted by atomic mass is 32.2. The van der Waals surface area contributed by atoms with Crippen molar-refractivity contribution < 1.29 is 41.4 Å². The lowest BCUT2D eigenvalue weighted by Gasteiger charge is -2.27. The topological polar surface area (TPSA) is 197 Å². The van der Waals surface area contributed by atoms with Crippen LogP contribution in [0.2, 0.25) is 0 Å². The van der Waals surface area contributed by atoms with Gasteiger partial charge in [-0.05, 0) is 60.7 Å². The van der Waals surface area contributed by atoms with Crippen molar-refractivity contribution in [2.24, 2.45) is 0 Å². The van der Waals surface area contributed by atoms with Gasteiger partial charge in [-0.1, -0.05) is 13.8 Å². The molecule has 9 rings (SSSR count). The van der Waals surface area contributed by atoms with E-state index in [0.29, 0.717) is 45.1 Å². The number of imidazole rings is 1. The van der Waals surface area contributed by atoms with Crippen LogP contribution in [0, 0.1) is 17.5 Å². The van der Waals surface area contributed by atoms with Crippen LogP contribution in [0.25, 0.3) is 33.2 Å². The van der Waals surface area contributed by atoms with Crippen molar-refractivity contribution in [3.8, 4) is 34.4 Å². The number of aromatic nitrogens is 8. The first kappa shape index (κ1) is 54.1. The third-order valence-corrected chi connectivity index (χ3v) is 12.6. The summed E-state index contributed by atoms with van der Waals surface area (Å²) in [5.41, 5.74) is 1.67. The van der Waals surface area contributed by atoms with E-state index in [1.165, 1.54) is 87.8 Å². The van der Waals surface area contributed by atoms with E-state index < -0.39 is 40.9 Å². The Balaban J connectivity index is 0.000000215. The van der Waals surface area contributed by atoms with E-state index in [9.17, 15) is 18.9 Å². The van der Waals surface area contributed by atoms with E-state index in [0.717, 1.165) is 6.07 Å². The lowest BCUT2D eigenvalue weighted by molar-refractivity contribution is 0.304. The summed E-state index contributed by atoms with van der Waals surface area (Å²) >= 11 is -1.56. The molecule has 0 saturated heterocycles. The summed E-state index contributed by atoms with van der Waals surface area (Å²) < 4.78 is 85.5. The first-order valence-corrected chi connectivity index (χ1v) is 24.0. The van der Waals surface area contributed by atoms with Gasteiger partial charge < -0.3 is 33.9 Å².